The van der Waals surface area contributed by atoms with Crippen molar-refractivity contribution in [1.82, 2.24) is 15.1 Å². The van der Waals surface area contributed by atoms with Crippen molar-refractivity contribution in [1.29, 1.82) is 0 Å². The zero-order valence-corrected chi connectivity index (χ0v) is 13.8. The van der Waals surface area contributed by atoms with Gasteiger partial charge in [0.25, 0.3) is 5.91 Å². The lowest BCUT2D eigenvalue weighted by molar-refractivity contribution is 0.0941. The number of carbonyl (C=O) groups excluding carboxylic acids is 1. The molecule has 0 unspecified atom stereocenters. The van der Waals surface area contributed by atoms with E-state index in [1.165, 1.54) is 16.8 Å². The van der Waals surface area contributed by atoms with Gasteiger partial charge in [0.15, 0.2) is 11.4 Å². The molecule has 1 heterocycles. The maximum atomic E-state index is 13.1. The third-order valence-corrected chi connectivity index (χ3v) is 3.58. The number of ether oxygens (including phenoxy) is 1. The Morgan fingerprint density at radius 3 is 2.56 bits per heavy atom. The number of benzene rings is 2. The van der Waals surface area contributed by atoms with Crippen molar-refractivity contribution in [2.24, 2.45) is 0 Å². The molecule has 5 nitrogen and oxygen atoms in total. The Morgan fingerprint density at radius 1 is 1.16 bits per heavy atom. The summed E-state index contributed by atoms with van der Waals surface area (Å²) in [5, 5.41) is 7.13. The van der Waals surface area contributed by atoms with Crippen LogP contribution in [0.15, 0.2) is 60.8 Å². The molecule has 3 aromatic rings. The van der Waals surface area contributed by atoms with Crippen molar-refractivity contribution >= 4 is 5.91 Å². The third kappa shape index (κ3) is 4.03. The smallest absolute Gasteiger partial charge is 0.275 e. The van der Waals surface area contributed by atoms with Crippen LogP contribution in [-0.4, -0.2) is 22.3 Å². The number of hydrogen-bond donors (Lipinski definition) is 1. The first-order valence-corrected chi connectivity index (χ1v) is 7.98. The Morgan fingerprint density at radius 2 is 1.88 bits per heavy atom. The van der Waals surface area contributed by atoms with Gasteiger partial charge < -0.3 is 10.1 Å². The number of hydrogen-bond acceptors (Lipinski definition) is 3. The Hall–Kier alpha value is -3.15. The summed E-state index contributed by atoms with van der Waals surface area (Å²) in [6.07, 6.45) is 1.62. The molecule has 1 amide bonds. The number of halogens is 1. The van der Waals surface area contributed by atoms with E-state index in [-0.39, 0.29) is 17.4 Å². The number of carbonyl (C=O) groups is 1. The molecule has 25 heavy (non-hydrogen) atoms. The summed E-state index contributed by atoms with van der Waals surface area (Å²) in [7, 11) is 0. The van der Waals surface area contributed by atoms with E-state index in [0.717, 1.165) is 5.56 Å². The van der Waals surface area contributed by atoms with Crippen LogP contribution in [0, 0.1) is 5.82 Å². The molecule has 0 radical (unpaired) electrons. The normalized spacial score (nSPS) is 10.5. The SMILES string of the molecule is CCOc1cn(-c2ccc(F)cc2)nc1C(=O)NCc1ccccc1. The molecule has 1 aromatic heterocycles. The molecule has 6 heteroatoms. The van der Waals surface area contributed by atoms with E-state index in [4.69, 9.17) is 4.74 Å². The minimum absolute atomic E-state index is 0.196. The van der Waals surface area contributed by atoms with Crippen LogP contribution < -0.4 is 10.1 Å². The van der Waals surface area contributed by atoms with E-state index in [1.807, 2.05) is 37.3 Å². The topological polar surface area (TPSA) is 56.2 Å². The van der Waals surface area contributed by atoms with Crippen molar-refractivity contribution in [2.75, 3.05) is 6.61 Å². The summed E-state index contributed by atoms with van der Waals surface area (Å²) in [5.74, 6) is -0.271. The first-order chi connectivity index (χ1) is 12.2. The largest absolute Gasteiger partial charge is 0.490 e. The molecular formula is C19H18FN3O2. The van der Waals surface area contributed by atoms with Crippen molar-refractivity contribution in [3.05, 3.63) is 77.9 Å². The number of nitrogens with one attached hydrogen (secondary N) is 1. The van der Waals surface area contributed by atoms with Gasteiger partial charge in [0.05, 0.1) is 18.5 Å². The molecule has 0 spiro atoms. The van der Waals surface area contributed by atoms with E-state index in [0.29, 0.717) is 24.6 Å². The number of aromatic nitrogens is 2. The molecule has 2 aromatic carbocycles. The lowest BCUT2D eigenvalue weighted by atomic mass is 10.2. The van der Waals surface area contributed by atoms with Crippen molar-refractivity contribution < 1.29 is 13.9 Å². The van der Waals surface area contributed by atoms with Crippen LogP contribution >= 0.6 is 0 Å². The van der Waals surface area contributed by atoms with E-state index >= 15 is 0 Å². The molecule has 0 saturated carbocycles. The van der Waals surface area contributed by atoms with Gasteiger partial charge in [-0.05, 0) is 36.8 Å². The van der Waals surface area contributed by atoms with Gasteiger partial charge in [-0.15, -0.1) is 0 Å². The third-order valence-electron chi connectivity index (χ3n) is 3.58. The fourth-order valence-corrected chi connectivity index (χ4v) is 2.36. The minimum atomic E-state index is -0.332. The molecule has 0 aliphatic rings. The van der Waals surface area contributed by atoms with E-state index in [9.17, 15) is 9.18 Å². The number of amides is 1. The monoisotopic (exact) mass is 339 g/mol. The van der Waals surface area contributed by atoms with Crippen LogP contribution in [0.1, 0.15) is 23.0 Å². The fraction of sp³-hybridized carbons (Fsp3) is 0.158. The van der Waals surface area contributed by atoms with Gasteiger partial charge in [-0.2, -0.15) is 5.10 Å². The zero-order valence-electron chi connectivity index (χ0n) is 13.8. The lowest BCUT2D eigenvalue weighted by Crippen LogP contribution is -2.24. The van der Waals surface area contributed by atoms with Crippen LogP contribution in [0.5, 0.6) is 5.75 Å². The molecule has 0 aliphatic carbocycles. The van der Waals surface area contributed by atoms with Crippen molar-refractivity contribution in [3.8, 4) is 11.4 Å². The molecule has 1 N–H and O–H groups in total. The predicted octanol–water partition coefficient (Wildman–Crippen LogP) is 3.34. The van der Waals surface area contributed by atoms with Crippen LogP contribution in [0.3, 0.4) is 0 Å². The van der Waals surface area contributed by atoms with E-state index in [1.54, 1.807) is 18.3 Å². The minimum Gasteiger partial charge on any atom is -0.490 e. The first-order valence-electron chi connectivity index (χ1n) is 7.98. The quantitative estimate of drug-likeness (QED) is 0.749. The summed E-state index contributed by atoms with van der Waals surface area (Å²) >= 11 is 0. The molecule has 0 atom stereocenters. The van der Waals surface area contributed by atoms with Gasteiger partial charge in [0.2, 0.25) is 0 Å². The number of nitrogens with zero attached hydrogens (tertiary/aromatic N) is 2. The second kappa shape index (κ2) is 7.61. The zero-order chi connectivity index (χ0) is 17.6. The van der Waals surface area contributed by atoms with Gasteiger partial charge in [0.1, 0.15) is 5.82 Å². The summed E-state index contributed by atoms with van der Waals surface area (Å²) in [6, 6.07) is 15.5. The van der Waals surface area contributed by atoms with Crippen LogP contribution in [0.25, 0.3) is 5.69 Å². The summed E-state index contributed by atoms with van der Waals surface area (Å²) in [5.41, 5.74) is 1.83. The fourth-order valence-electron chi connectivity index (χ4n) is 2.36. The molecule has 3 rings (SSSR count). The highest BCUT2D eigenvalue weighted by molar-refractivity contribution is 5.94. The molecule has 128 valence electrons. The van der Waals surface area contributed by atoms with Gasteiger partial charge in [-0.3, -0.25) is 4.79 Å². The molecule has 0 fully saturated rings. The van der Waals surface area contributed by atoms with E-state index in [2.05, 4.69) is 10.4 Å². The predicted molar refractivity (Wildman–Crippen MR) is 92.3 cm³/mol. The first kappa shape index (κ1) is 16.7. The van der Waals surface area contributed by atoms with Crippen LogP contribution in [0.4, 0.5) is 4.39 Å². The molecular weight excluding hydrogens is 321 g/mol. The maximum absolute atomic E-state index is 13.1. The Labute approximate surface area is 145 Å². The molecule has 0 bridgehead atoms. The average molecular weight is 339 g/mol. The Bertz CT molecular complexity index is 845. The van der Waals surface area contributed by atoms with Gasteiger partial charge in [-0.25, -0.2) is 9.07 Å². The average Bonchev–Trinajstić information content (AvgIpc) is 3.05. The maximum Gasteiger partial charge on any atom is 0.275 e. The summed E-state index contributed by atoms with van der Waals surface area (Å²) in [6.45, 7) is 2.64. The van der Waals surface area contributed by atoms with Crippen molar-refractivity contribution in [3.63, 3.8) is 0 Å². The molecule has 0 aliphatic heterocycles. The lowest BCUT2D eigenvalue weighted by Gasteiger charge is -2.05. The Balaban J connectivity index is 1.81. The standard InChI is InChI=1S/C19H18FN3O2/c1-2-25-17-13-23(16-10-8-15(20)9-11-16)22-18(17)19(24)21-12-14-6-4-3-5-7-14/h3-11,13H,2,12H2,1H3,(H,21,24). The highest BCUT2D eigenvalue weighted by Crippen LogP contribution is 2.20. The van der Waals surface area contributed by atoms with E-state index < -0.39 is 0 Å². The molecule has 0 saturated heterocycles. The second-order valence-corrected chi connectivity index (χ2v) is 5.36. The van der Waals surface area contributed by atoms with Crippen molar-refractivity contribution in [2.45, 2.75) is 13.5 Å². The summed E-state index contributed by atoms with van der Waals surface area (Å²) in [4.78, 5) is 12.5. The van der Waals surface area contributed by atoms with Gasteiger partial charge in [0, 0.05) is 6.54 Å². The second-order valence-electron chi connectivity index (χ2n) is 5.36. The van der Waals surface area contributed by atoms with Crippen LogP contribution in [-0.2, 0) is 6.54 Å². The highest BCUT2D eigenvalue weighted by atomic mass is 19.1. The number of rotatable bonds is 6. The van der Waals surface area contributed by atoms with Gasteiger partial charge >= 0.3 is 0 Å². The highest BCUT2D eigenvalue weighted by Gasteiger charge is 2.18. The van der Waals surface area contributed by atoms with Gasteiger partial charge in [-0.1, -0.05) is 30.3 Å². The van der Waals surface area contributed by atoms with Crippen LogP contribution in [0.2, 0.25) is 0 Å². The summed E-state index contributed by atoms with van der Waals surface area (Å²) < 4.78 is 20.1. The Kier molecular flexibility index (Phi) is 5.09.